The Morgan fingerprint density at radius 3 is 2.36 bits per heavy atom. The second kappa shape index (κ2) is 3.54. The summed E-state index contributed by atoms with van der Waals surface area (Å²) in [6.45, 7) is 1.68. The summed E-state index contributed by atoms with van der Waals surface area (Å²) < 4.78 is 0. The van der Waals surface area contributed by atoms with Gasteiger partial charge in [0.1, 0.15) is 0 Å². The van der Waals surface area contributed by atoms with Crippen LogP contribution >= 0.6 is 11.6 Å². The lowest BCUT2D eigenvalue weighted by atomic mass is 10.1. The minimum absolute atomic E-state index is 0.0210. The molecule has 0 aromatic heterocycles. The van der Waals surface area contributed by atoms with Crippen molar-refractivity contribution in [1.29, 1.82) is 0 Å². The molecule has 0 fully saturated rings. The van der Waals surface area contributed by atoms with E-state index in [-0.39, 0.29) is 5.78 Å². The predicted octanol–water partition coefficient (Wildman–Crippen LogP) is 2.50. The number of hydrogen-bond acceptors (Lipinski definition) is 1. The zero-order valence-electron chi connectivity index (χ0n) is 6.25. The van der Waals surface area contributed by atoms with E-state index in [1.807, 2.05) is 18.2 Å². The minimum atomic E-state index is -0.433. The molecule has 1 atom stereocenters. The molecule has 0 unspecified atom stereocenters. The van der Waals surface area contributed by atoms with Gasteiger partial charge in [0, 0.05) is 5.56 Å². The maximum atomic E-state index is 11.2. The van der Waals surface area contributed by atoms with Gasteiger partial charge < -0.3 is 0 Å². The summed E-state index contributed by atoms with van der Waals surface area (Å²) in [7, 11) is 0. The number of rotatable bonds is 2. The topological polar surface area (TPSA) is 17.1 Å². The Hall–Kier alpha value is -0.820. The van der Waals surface area contributed by atoms with Gasteiger partial charge in [-0.2, -0.15) is 0 Å². The number of alkyl halides is 1. The summed E-state index contributed by atoms with van der Waals surface area (Å²) in [6, 6.07) is 9.05. The largest absolute Gasteiger partial charge is 0.293 e. The summed E-state index contributed by atoms with van der Waals surface area (Å²) in [4.78, 5) is 11.2. The quantitative estimate of drug-likeness (QED) is 0.490. The summed E-state index contributed by atoms with van der Waals surface area (Å²) in [5.74, 6) is -0.0210. The summed E-state index contributed by atoms with van der Waals surface area (Å²) >= 11 is 5.61. The van der Waals surface area contributed by atoms with Crippen LogP contribution in [0.4, 0.5) is 0 Å². The molecular formula is C9H9ClO. The van der Waals surface area contributed by atoms with E-state index in [1.165, 1.54) is 0 Å². The van der Waals surface area contributed by atoms with Gasteiger partial charge in [-0.05, 0) is 6.92 Å². The molecule has 0 N–H and O–H groups in total. The van der Waals surface area contributed by atoms with E-state index in [0.29, 0.717) is 5.56 Å². The molecule has 0 saturated carbocycles. The van der Waals surface area contributed by atoms with Crippen LogP contribution in [0.2, 0.25) is 0 Å². The molecule has 58 valence electrons. The molecule has 11 heavy (non-hydrogen) atoms. The second-order valence-electron chi connectivity index (χ2n) is 2.35. The van der Waals surface area contributed by atoms with E-state index in [4.69, 9.17) is 11.6 Å². The predicted molar refractivity (Wildman–Crippen MR) is 46.1 cm³/mol. The van der Waals surface area contributed by atoms with Gasteiger partial charge in [-0.15, -0.1) is 11.6 Å². The smallest absolute Gasteiger partial charge is 0.180 e. The third kappa shape index (κ3) is 2.05. The van der Waals surface area contributed by atoms with Gasteiger partial charge in [0.05, 0.1) is 5.38 Å². The van der Waals surface area contributed by atoms with Gasteiger partial charge in [-0.1, -0.05) is 30.3 Å². The van der Waals surface area contributed by atoms with Crippen LogP contribution in [0.5, 0.6) is 0 Å². The fourth-order valence-corrected chi connectivity index (χ4v) is 0.958. The summed E-state index contributed by atoms with van der Waals surface area (Å²) in [5.41, 5.74) is 0.676. The number of carbonyl (C=O) groups is 1. The van der Waals surface area contributed by atoms with Crippen LogP contribution in [0, 0.1) is 0 Å². The Bertz CT molecular complexity index is 241. The van der Waals surface area contributed by atoms with Crippen molar-refractivity contribution in [3.8, 4) is 0 Å². The fourth-order valence-electron chi connectivity index (χ4n) is 0.832. The molecule has 0 bridgehead atoms. The van der Waals surface area contributed by atoms with Crippen molar-refractivity contribution in [3.63, 3.8) is 0 Å². The first-order valence-corrected chi connectivity index (χ1v) is 3.89. The highest BCUT2D eigenvalue weighted by Gasteiger charge is 2.10. The molecule has 2 heteroatoms. The lowest BCUT2D eigenvalue weighted by Gasteiger charge is -2.00. The van der Waals surface area contributed by atoms with Gasteiger partial charge in [-0.3, -0.25) is 4.79 Å². The Morgan fingerprint density at radius 1 is 1.36 bits per heavy atom. The van der Waals surface area contributed by atoms with Crippen molar-refractivity contribution in [2.45, 2.75) is 12.3 Å². The molecule has 1 nitrogen and oxygen atoms in total. The SMILES string of the molecule is C[C@H](Cl)C(=O)c1ccccc1. The van der Waals surface area contributed by atoms with E-state index < -0.39 is 5.38 Å². The number of halogens is 1. The summed E-state index contributed by atoms with van der Waals surface area (Å²) in [6.07, 6.45) is 0. The molecule has 1 aromatic rings. The Balaban J connectivity index is 2.86. The van der Waals surface area contributed by atoms with Crippen molar-refractivity contribution in [2.75, 3.05) is 0 Å². The van der Waals surface area contributed by atoms with Crippen LogP contribution in [0.15, 0.2) is 30.3 Å². The molecule has 0 aliphatic rings. The first-order chi connectivity index (χ1) is 5.22. The average Bonchev–Trinajstić information content (AvgIpc) is 2.05. The molecule has 1 aromatic carbocycles. The van der Waals surface area contributed by atoms with Crippen LogP contribution in [0.1, 0.15) is 17.3 Å². The second-order valence-corrected chi connectivity index (χ2v) is 3.00. The van der Waals surface area contributed by atoms with E-state index in [9.17, 15) is 4.79 Å². The molecule has 0 aliphatic carbocycles. The molecule has 0 spiro atoms. The zero-order chi connectivity index (χ0) is 8.27. The fraction of sp³-hybridized carbons (Fsp3) is 0.222. The molecule has 0 heterocycles. The van der Waals surface area contributed by atoms with E-state index in [0.717, 1.165) is 0 Å². The van der Waals surface area contributed by atoms with Crippen LogP contribution < -0.4 is 0 Å². The molecule has 1 rings (SSSR count). The third-order valence-electron chi connectivity index (χ3n) is 1.42. The van der Waals surface area contributed by atoms with Crippen molar-refractivity contribution in [2.24, 2.45) is 0 Å². The monoisotopic (exact) mass is 168 g/mol. The number of hydrogen-bond donors (Lipinski definition) is 0. The highest BCUT2D eigenvalue weighted by Crippen LogP contribution is 2.06. The van der Waals surface area contributed by atoms with E-state index in [2.05, 4.69) is 0 Å². The highest BCUT2D eigenvalue weighted by atomic mass is 35.5. The average molecular weight is 169 g/mol. The van der Waals surface area contributed by atoms with Gasteiger partial charge >= 0.3 is 0 Å². The lowest BCUT2D eigenvalue weighted by Crippen LogP contribution is -2.09. The molecule has 0 saturated heterocycles. The number of ketones is 1. The van der Waals surface area contributed by atoms with Gasteiger partial charge in [-0.25, -0.2) is 0 Å². The maximum Gasteiger partial charge on any atom is 0.180 e. The first-order valence-electron chi connectivity index (χ1n) is 3.45. The minimum Gasteiger partial charge on any atom is -0.293 e. The van der Waals surface area contributed by atoms with Crippen LogP contribution in [0.3, 0.4) is 0 Å². The van der Waals surface area contributed by atoms with Gasteiger partial charge in [0.15, 0.2) is 5.78 Å². The zero-order valence-corrected chi connectivity index (χ0v) is 7.01. The number of carbonyl (C=O) groups excluding carboxylic acids is 1. The van der Waals surface area contributed by atoms with E-state index >= 15 is 0 Å². The maximum absolute atomic E-state index is 11.2. The van der Waals surface area contributed by atoms with Crippen molar-refractivity contribution in [1.82, 2.24) is 0 Å². The first kappa shape index (κ1) is 8.28. The number of Topliss-reactive ketones (excluding diaryl/α,β-unsaturated/α-hetero) is 1. The Morgan fingerprint density at radius 2 is 1.91 bits per heavy atom. The van der Waals surface area contributed by atoms with Crippen molar-refractivity contribution in [3.05, 3.63) is 35.9 Å². The van der Waals surface area contributed by atoms with Gasteiger partial charge in [0.25, 0.3) is 0 Å². The summed E-state index contributed by atoms with van der Waals surface area (Å²) in [5, 5.41) is -0.433. The van der Waals surface area contributed by atoms with Crippen molar-refractivity contribution < 1.29 is 4.79 Å². The molecule has 0 amide bonds. The van der Waals surface area contributed by atoms with Crippen LogP contribution in [0.25, 0.3) is 0 Å². The highest BCUT2D eigenvalue weighted by molar-refractivity contribution is 6.33. The van der Waals surface area contributed by atoms with E-state index in [1.54, 1.807) is 19.1 Å². The van der Waals surface area contributed by atoms with Crippen LogP contribution in [-0.2, 0) is 0 Å². The third-order valence-corrected chi connectivity index (χ3v) is 1.62. The Kier molecular flexibility index (Phi) is 2.66. The normalized spacial score (nSPS) is 12.5. The Labute approximate surface area is 71.0 Å². The molecular weight excluding hydrogens is 160 g/mol. The van der Waals surface area contributed by atoms with Crippen molar-refractivity contribution >= 4 is 17.4 Å². The van der Waals surface area contributed by atoms with Gasteiger partial charge in [0.2, 0.25) is 0 Å². The van der Waals surface area contributed by atoms with Crippen LogP contribution in [-0.4, -0.2) is 11.2 Å². The molecule has 0 aliphatic heterocycles. The molecule has 0 radical (unpaired) electrons. The number of benzene rings is 1. The standard InChI is InChI=1S/C9H9ClO/c1-7(10)9(11)8-5-3-2-4-6-8/h2-7H,1H3/t7-/m0/s1. The lowest BCUT2D eigenvalue weighted by molar-refractivity contribution is 0.0992.